The highest BCUT2D eigenvalue weighted by Gasteiger charge is 2.19. The molecule has 0 unspecified atom stereocenters. The number of ether oxygens (including phenoxy) is 2. The lowest BCUT2D eigenvalue weighted by molar-refractivity contribution is -0.120. The normalized spacial score (nSPS) is 13.7. The van der Waals surface area contributed by atoms with Crippen molar-refractivity contribution < 1.29 is 14.3 Å². The molecule has 0 fully saturated rings. The van der Waals surface area contributed by atoms with Crippen molar-refractivity contribution in [2.75, 3.05) is 33.9 Å². The first-order valence-corrected chi connectivity index (χ1v) is 10.4. The molecule has 0 spiro atoms. The minimum Gasteiger partial charge on any atom is -0.493 e. The summed E-state index contributed by atoms with van der Waals surface area (Å²) in [7, 11) is 3.33. The summed E-state index contributed by atoms with van der Waals surface area (Å²) in [4.78, 5) is 14.9. The van der Waals surface area contributed by atoms with E-state index in [2.05, 4.69) is 40.5 Å². The summed E-state index contributed by atoms with van der Waals surface area (Å²) in [5.74, 6) is 1.61. The van der Waals surface area contributed by atoms with Gasteiger partial charge in [0.1, 0.15) is 0 Å². The standard InChI is InChI=1S/C25H28N2O3/c1-29-23-14-19-10-12-27(17-21(19)15-24(23)30-2)13-11-26-25(28)16-20-8-5-7-18-6-3-4-9-22(18)20/h3-9,14-15H,10-13,16-17H2,1-2H3,(H,26,28). The van der Waals surface area contributed by atoms with Gasteiger partial charge >= 0.3 is 0 Å². The molecule has 0 saturated heterocycles. The van der Waals surface area contributed by atoms with E-state index in [1.165, 1.54) is 16.5 Å². The second-order valence-electron chi connectivity index (χ2n) is 7.67. The summed E-state index contributed by atoms with van der Waals surface area (Å²) in [5.41, 5.74) is 3.64. The number of benzene rings is 3. The highest BCUT2D eigenvalue weighted by atomic mass is 16.5. The van der Waals surface area contributed by atoms with Gasteiger partial charge < -0.3 is 14.8 Å². The first-order chi connectivity index (χ1) is 14.7. The van der Waals surface area contributed by atoms with Crippen LogP contribution in [0.4, 0.5) is 0 Å². The minimum absolute atomic E-state index is 0.0650. The van der Waals surface area contributed by atoms with Crippen LogP contribution >= 0.6 is 0 Å². The lowest BCUT2D eigenvalue weighted by Crippen LogP contribution is -2.38. The number of hydrogen-bond donors (Lipinski definition) is 1. The van der Waals surface area contributed by atoms with E-state index >= 15 is 0 Å². The Morgan fingerprint density at radius 1 is 1.00 bits per heavy atom. The monoisotopic (exact) mass is 404 g/mol. The number of amides is 1. The van der Waals surface area contributed by atoms with Crippen molar-refractivity contribution in [1.29, 1.82) is 0 Å². The van der Waals surface area contributed by atoms with Crippen molar-refractivity contribution in [3.8, 4) is 11.5 Å². The molecule has 5 nitrogen and oxygen atoms in total. The fraction of sp³-hybridized carbons (Fsp3) is 0.320. The molecule has 3 aromatic carbocycles. The van der Waals surface area contributed by atoms with Crippen molar-refractivity contribution in [3.63, 3.8) is 0 Å². The Morgan fingerprint density at radius 3 is 2.53 bits per heavy atom. The van der Waals surface area contributed by atoms with Crippen LogP contribution in [0.2, 0.25) is 0 Å². The molecule has 0 atom stereocenters. The predicted octanol–water partition coefficient (Wildman–Crippen LogP) is 3.57. The Bertz CT molecular complexity index is 1040. The average Bonchev–Trinajstić information content (AvgIpc) is 2.78. The molecule has 1 aliphatic rings. The molecular formula is C25H28N2O3. The summed E-state index contributed by atoms with van der Waals surface area (Å²) < 4.78 is 10.8. The number of nitrogens with zero attached hydrogens (tertiary/aromatic N) is 1. The van der Waals surface area contributed by atoms with Gasteiger partial charge in [-0.3, -0.25) is 9.69 Å². The molecule has 5 heteroatoms. The van der Waals surface area contributed by atoms with E-state index in [4.69, 9.17) is 9.47 Å². The first-order valence-electron chi connectivity index (χ1n) is 10.4. The zero-order valence-corrected chi connectivity index (χ0v) is 17.6. The molecule has 4 rings (SSSR count). The number of fused-ring (bicyclic) bond motifs is 2. The molecule has 0 bridgehead atoms. The van der Waals surface area contributed by atoms with Crippen molar-refractivity contribution in [2.24, 2.45) is 0 Å². The van der Waals surface area contributed by atoms with Crippen LogP contribution in [0.15, 0.2) is 54.6 Å². The summed E-state index contributed by atoms with van der Waals surface area (Å²) in [6.45, 7) is 3.30. The maximum absolute atomic E-state index is 12.5. The third kappa shape index (κ3) is 4.41. The molecule has 0 aliphatic carbocycles. The van der Waals surface area contributed by atoms with E-state index in [1.807, 2.05) is 24.3 Å². The van der Waals surface area contributed by atoms with Gasteiger partial charge in [0.15, 0.2) is 11.5 Å². The fourth-order valence-electron chi connectivity index (χ4n) is 4.17. The Hall–Kier alpha value is -3.05. The summed E-state index contributed by atoms with van der Waals surface area (Å²) in [5, 5.41) is 5.40. The maximum atomic E-state index is 12.5. The average molecular weight is 405 g/mol. The van der Waals surface area contributed by atoms with E-state index in [1.54, 1.807) is 14.2 Å². The topological polar surface area (TPSA) is 50.8 Å². The highest BCUT2D eigenvalue weighted by Crippen LogP contribution is 2.33. The third-order valence-corrected chi connectivity index (χ3v) is 5.78. The largest absolute Gasteiger partial charge is 0.493 e. The summed E-state index contributed by atoms with van der Waals surface area (Å²) in [6, 6.07) is 18.5. The first kappa shape index (κ1) is 20.2. The third-order valence-electron chi connectivity index (χ3n) is 5.78. The van der Waals surface area contributed by atoms with Crippen LogP contribution in [0.5, 0.6) is 11.5 Å². The van der Waals surface area contributed by atoms with Gasteiger partial charge in [-0.1, -0.05) is 42.5 Å². The summed E-state index contributed by atoms with van der Waals surface area (Å²) >= 11 is 0. The van der Waals surface area contributed by atoms with Gasteiger partial charge in [0, 0.05) is 26.2 Å². The van der Waals surface area contributed by atoms with Crippen LogP contribution in [0, 0.1) is 0 Å². The number of methoxy groups -OCH3 is 2. The molecule has 3 aromatic rings. The van der Waals surface area contributed by atoms with Crippen LogP contribution in [-0.4, -0.2) is 44.7 Å². The zero-order valence-electron chi connectivity index (χ0n) is 17.6. The Labute approximate surface area is 177 Å². The van der Waals surface area contributed by atoms with Gasteiger partial charge in [-0.25, -0.2) is 0 Å². The molecule has 1 N–H and O–H groups in total. The van der Waals surface area contributed by atoms with E-state index in [0.29, 0.717) is 13.0 Å². The number of carbonyl (C=O) groups is 1. The zero-order chi connectivity index (χ0) is 20.9. The molecule has 30 heavy (non-hydrogen) atoms. The van der Waals surface area contributed by atoms with E-state index < -0.39 is 0 Å². The summed E-state index contributed by atoms with van der Waals surface area (Å²) in [6.07, 6.45) is 1.38. The fourth-order valence-corrected chi connectivity index (χ4v) is 4.17. The van der Waals surface area contributed by atoms with Gasteiger partial charge in [-0.2, -0.15) is 0 Å². The predicted molar refractivity (Wildman–Crippen MR) is 119 cm³/mol. The van der Waals surface area contributed by atoms with E-state index in [-0.39, 0.29) is 5.91 Å². The van der Waals surface area contributed by atoms with Crippen molar-refractivity contribution in [2.45, 2.75) is 19.4 Å². The van der Waals surface area contributed by atoms with Gasteiger partial charge in [0.05, 0.1) is 20.6 Å². The molecule has 0 aromatic heterocycles. The van der Waals surface area contributed by atoms with Crippen LogP contribution in [-0.2, 0) is 24.2 Å². The van der Waals surface area contributed by atoms with Gasteiger partial charge in [0.2, 0.25) is 5.91 Å². The smallest absolute Gasteiger partial charge is 0.224 e. The van der Waals surface area contributed by atoms with Crippen molar-refractivity contribution >= 4 is 16.7 Å². The Kier molecular flexibility index (Phi) is 6.19. The lowest BCUT2D eigenvalue weighted by Gasteiger charge is -2.29. The number of hydrogen-bond acceptors (Lipinski definition) is 4. The van der Waals surface area contributed by atoms with Crippen LogP contribution < -0.4 is 14.8 Å². The van der Waals surface area contributed by atoms with Crippen molar-refractivity contribution in [1.82, 2.24) is 10.2 Å². The number of nitrogens with one attached hydrogen (secondary N) is 1. The lowest BCUT2D eigenvalue weighted by atomic mass is 9.99. The maximum Gasteiger partial charge on any atom is 0.224 e. The molecular weight excluding hydrogens is 376 g/mol. The van der Waals surface area contributed by atoms with E-state index in [0.717, 1.165) is 48.5 Å². The Morgan fingerprint density at radius 2 is 1.73 bits per heavy atom. The second kappa shape index (κ2) is 9.18. The van der Waals surface area contributed by atoms with Gasteiger partial charge in [0.25, 0.3) is 0 Å². The number of rotatable bonds is 7. The molecule has 1 amide bonds. The Balaban J connectivity index is 1.31. The molecule has 0 saturated carbocycles. The quantitative estimate of drug-likeness (QED) is 0.654. The highest BCUT2D eigenvalue weighted by molar-refractivity contribution is 5.90. The minimum atomic E-state index is 0.0650. The second-order valence-corrected chi connectivity index (χ2v) is 7.67. The SMILES string of the molecule is COc1cc2c(cc1OC)CN(CCNC(=O)Cc1cccc3ccccc13)CC2. The molecule has 0 radical (unpaired) electrons. The molecule has 156 valence electrons. The van der Waals surface area contributed by atoms with Crippen molar-refractivity contribution in [3.05, 3.63) is 71.3 Å². The van der Waals surface area contributed by atoms with Gasteiger partial charge in [-0.05, 0) is 46.0 Å². The number of carbonyl (C=O) groups excluding carboxylic acids is 1. The van der Waals surface area contributed by atoms with Crippen LogP contribution in [0.25, 0.3) is 10.8 Å². The molecule has 1 heterocycles. The molecule has 1 aliphatic heterocycles. The van der Waals surface area contributed by atoms with Crippen LogP contribution in [0.3, 0.4) is 0 Å². The van der Waals surface area contributed by atoms with E-state index in [9.17, 15) is 4.79 Å². The van der Waals surface area contributed by atoms with Gasteiger partial charge in [-0.15, -0.1) is 0 Å². The van der Waals surface area contributed by atoms with Crippen LogP contribution in [0.1, 0.15) is 16.7 Å².